The number of aliphatic hydroxyl groups excluding tert-OH is 1. The Morgan fingerprint density at radius 1 is 1.22 bits per heavy atom. The Bertz CT molecular complexity index is 523. The van der Waals surface area contributed by atoms with Gasteiger partial charge in [-0.1, -0.05) is 6.42 Å². The number of non-ortho nitro benzene ring substituents is 1. The zero-order valence-electron chi connectivity index (χ0n) is 13.3. The van der Waals surface area contributed by atoms with Crippen LogP contribution in [-0.4, -0.2) is 34.6 Å². The van der Waals surface area contributed by atoms with Crippen molar-refractivity contribution in [1.29, 1.82) is 0 Å². The molecule has 0 aromatic heterocycles. The van der Waals surface area contributed by atoms with Crippen LogP contribution in [0.15, 0.2) is 24.3 Å². The molecule has 23 heavy (non-hydrogen) atoms. The van der Waals surface area contributed by atoms with E-state index < -0.39 is 11.0 Å². The minimum Gasteiger partial charge on any atom is -0.388 e. The predicted octanol–water partition coefficient (Wildman–Crippen LogP) is 3.56. The summed E-state index contributed by atoms with van der Waals surface area (Å²) in [6.45, 7) is 3.22. The molecule has 1 heterocycles. The van der Waals surface area contributed by atoms with Crippen LogP contribution in [0.4, 0.5) is 5.69 Å². The molecule has 1 saturated carbocycles. The number of nitrogens with zero attached hydrogens (tertiary/aromatic N) is 2. The summed E-state index contributed by atoms with van der Waals surface area (Å²) in [4.78, 5) is 12.7. The molecule has 3 rings (SSSR count). The van der Waals surface area contributed by atoms with Crippen molar-refractivity contribution in [1.82, 2.24) is 4.90 Å². The van der Waals surface area contributed by atoms with Crippen LogP contribution < -0.4 is 0 Å². The lowest BCUT2D eigenvalue weighted by Gasteiger charge is -2.25. The summed E-state index contributed by atoms with van der Waals surface area (Å²) in [5.41, 5.74) is 0.835. The lowest BCUT2D eigenvalue weighted by Crippen LogP contribution is -2.30. The molecule has 1 aliphatic carbocycles. The molecule has 2 fully saturated rings. The third-order valence-corrected chi connectivity index (χ3v) is 5.23. The van der Waals surface area contributed by atoms with Crippen LogP contribution in [0.3, 0.4) is 0 Å². The van der Waals surface area contributed by atoms with Crippen molar-refractivity contribution in [3.63, 3.8) is 0 Å². The molecule has 3 unspecified atom stereocenters. The Morgan fingerprint density at radius 3 is 2.61 bits per heavy atom. The van der Waals surface area contributed by atoms with Crippen LogP contribution in [0.5, 0.6) is 0 Å². The Kier molecular flexibility index (Phi) is 6.39. The second-order valence-corrected chi connectivity index (χ2v) is 6.79. The molecule has 1 saturated heterocycles. The monoisotopic (exact) mass is 340 g/mol. The molecule has 128 valence electrons. The molecule has 3 atom stereocenters. The van der Waals surface area contributed by atoms with Crippen LogP contribution in [0.2, 0.25) is 0 Å². The third-order valence-electron chi connectivity index (χ3n) is 5.23. The first kappa shape index (κ1) is 18.2. The molecule has 1 aromatic rings. The van der Waals surface area contributed by atoms with Gasteiger partial charge in [0.1, 0.15) is 0 Å². The van der Waals surface area contributed by atoms with Gasteiger partial charge in [0.15, 0.2) is 0 Å². The lowest BCUT2D eigenvalue weighted by atomic mass is 10.0. The Labute approximate surface area is 143 Å². The predicted molar refractivity (Wildman–Crippen MR) is 91.8 cm³/mol. The highest BCUT2D eigenvalue weighted by Gasteiger charge is 2.29. The number of nitro benzene ring substituents is 1. The van der Waals surface area contributed by atoms with Gasteiger partial charge >= 0.3 is 0 Å². The van der Waals surface area contributed by atoms with Crippen molar-refractivity contribution in [3.8, 4) is 0 Å². The number of likely N-dealkylation sites (tertiary alicyclic amines) is 1. The van der Waals surface area contributed by atoms with Gasteiger partial charge in [0.05, 0.1) is 11.0 Å². The average Bonchev–Trinajstić information content (AvgIpc) is 2.85. The molecule has 1 N–H and O–H groups in total. The molecule has 0 amide bonds. The number of nitro groups is 1. The van der Waals surface area contributed by atoms with Crippen LogP contribution >= 0.6 is 12.4 Å². The molecule has 0 radical (unpaired) electrons. The summed E-state index contributed by atoms with van der Waals surface area (Å²) in [7, 11) is 0. The van der Waals surface area contributed by atoms with E-state index in [0.717, 1.165) is 30.5 Å². The molecule has 0 spiro atoms. The van der Waals surface area contributed by atoms with E-state index in [0.29, 0.717) is 6.42 Å². The second kappa shape index (κ2) is 8.08. The molecule has 1 aromatic carbocycles. The van der Waals surface area contributed by atoms with Crippen LogP contribution in [0, 0.1) is 22.0 Å². The number of hydrogen-bond donors (Lipinski definition) is 1. The summed E-state index contributed by atoms with van der Waals surface area (Å²) in [6.07, 6.45) is 5.61. The highest BCUT2D eigenvalue weighted by molar-refractivity contribution is 5.85. The highest BCUT2D eigenvalue weighted by atomic mass is 35.5. The van der Waals surface area contributed by atoms with Gasteiger partial charge < -0.3 is 10.0 Å². The number of benzene rings is 1. The molecule has 6 heteroatoms. The van der Waals surface area contributed by atoms with E-state index in [2.05, 4.69) is 4.90 Å². The summed E-state index contributed by atoms with van der Waals surface area (Å²) < 4.78 is 0. The number of hydrogen-bond acceptors (Lipinski definition) is 4. The quantitative estimate of drug-likeness (QED) is 0.657. The maximum atomic E-state index is 10.6. The molecular weight excluding hydrogens is 316 g/mol. The number of aliphatic hydroxyl groups is 1. The normalized spacial score (nSPS) is 25.4. The van der Waals surface area contributed by atoms with Gasteiger partial charge in [-0.15, -0.1) is 12.4 Å². The van der Waals surface area contributed by atoms with Crippen molar-refractivity contribution in [3.05, 3.63) is 39.9 Å². The topological polar surface area (TPSA) is 66.6 Å². The van der Waals surface area contributed by atoms with Crippen molar-refractivity contribution < 1.29 is 10.0 Å². The summed E-state index contributed by atoms with van der Waals surface area (Å²) >= 11 is 0. The largest absolute Gasteiger partial charge is 0.388 e. The first-order chi connectivity index (χ1) is 10.6. The van der Waals surface area contributed by atoms with Crippen LogP contribution in [0.25, 0.3) is 0 Å². The summed E-state index contributed by atoms with van der Waals surface area (Å²) in [5, 5.41) is 20.9. The van der Waals surface area contributed by atoms with Gasteiger partial charge in [-0.2, -0.15) is 0 Å². The van der Waals surface area contributed by atoms with E-state index in [1.807, 2.05) is 0 Å². The van der Waals surface area contributed by atoms with E-state index in [1.54, 1.807) is 12.1 Å². The lowest BCUT2D eigenvalue weighted by molar-refractivity contribution is -0.384. The fourth-order valence-corrected chi connectivity index (χ4v) is 3.92. The maximum absolute atomic E-state index is 10.6. The average molecular weight is 341 g/mol. The Balaban J connectivity index is 0.00000192. The van der Waals surface area contributed by atoms with Gasteiger partial charge in [0.2, 0.25) is 0 Å². The fourth-order valence-electron chi connectivity index (χ4n) is 3.92. The Morgan fingerprint density at radius 2 is 1.91 bits per heavy atom. The van der Waals surface area contributed by atoms with E-state index in [4.69, 9.17) is 0 Å². The van der Waals surface area contributed by atoms with Gasteiger partial charge in [-0.05, 0) is 61.8 Å². The maximum Gasteiger partial charge on any atom is 0.269 e. The van der Waals surface area contributed by atoms with Gasteiger partial charge in [0, 0.05) is 25.2 Å². The van der Waals surface area contributed by atoms with E-state index >= 15 is 0 Å². The minimum atomic E-state index is -0.541. The second-order valence-electron chi connectivity index (χ2n) is 6.79. The number of fused-ring (bicyclic) bond motifs is 2. The Hall–Kier alpha value is -1.17. The van der Waals surface area contributed by atoms with Crippen LogP contribution in [0.1, 0.15) is 43.8 Å². The van der Waals surface area contributed by atoms with Crippen molar-refractivity contribution >= 4 is 18.1 Å². The molecule has 5 nitrogen and oxygen atoms in total. The van der Waals surface area contributed by atoms with Gasteiger partial charge in [-0.3, -0.25) is 10.1 Å². The number of rotatable bonds is 5. The van der Waals surface area contributed by atoms with Gasteiger partial charge in [0.25, 0.3) is 5.69 Å². The minimum absolute atomic E-state index is 0. The van der Waals surface area contributed by atoms with Crippen LogP contribution in [-0.2, 0) is 0 Å². The highest BCUT2D eigenvalue weighted by Crippen LogP contribution is 2.36. The summed E-state index contributed by atoms with van der Waals surface area (Å²) in [5.74, 6) is 1.78. The van der Waals surface area contributed by atoms with E-state index in [9.17, 15) is 15.2 Å². The molecule has 1 aliphatic heterocycles. The number of halogens is 1. The standard InChI is InChI=1S/C17H24N2O3.ClH/c20-17(15-3-5-16(6-4-15)19(21)22)8-10-18-9-7-13-1-2-14(11-13)12-18;/h3-6,13-14,17,20H,1-2,7-12H2;1H. The van der Waals surface area contributed by atoms with E-state index in [-0.39, 0.29) is 18.1 Å². The molecular formula is C17H25ClN2O3. The summed E-state index contributed by atoms with van der Waals surface area (Å²) in [6, 6.07) is 6.24. The first-order valence-corrected chi connectivity index (χ1v) is 8.26. The zero-order chi connectivity index (χ0) is 15.5. The van der Waals surface area contributed by atoms with E-state index in [1.165, 1.54) is 44.4 Å². The molecule has 2 bridgehead atoms. The molecule has 2 aliphatic rings. The third kappa shape index (κ3) is 4.66. The SMILES string of the molecule is Cl.O=[N+]([O-])c1ccc(C(O)CCN2CCC3CCC(C3)C2)cc1. The smallest absolute Gasteiger partial charge is 0.269 e. The van der Waals surface area contributed by atoms with Gasteiger partial charge in [-0.25, -0.2) is 0 Å². The van der Waals surface area contributed by atoms with Crippen molar-refractivity contribution in [2.45, 2.75) is 38.2 Å². The fraction of sp³-hybridized carbons (Fsp3) is 0.647. The van der Waals surface area contributed by atoms with Crippen molar-refractivity contribution in [2.24, 2.45) is 11.8 Å². The zero-order valence-corrected chi connectivity index (χ0v) is 14.1. The van der Waals surface area contributed by atoms with Crippen molar-refractivity contribution in [2.75, 3.05) is 19.6 Å². The first-order valence-electron chi connectivity index (χ1n) is 8.26.